The molecule has 0 aliphatic rings. The maximum Gasteiger partial charge on any atom is 0.326 e. The number of aromatic amines is 2. The van der Waals surface area contributed by atoms with Crippen LogP contribution in [-0.2, 0) is 38.4 Å². The van der Waals surface area contributed by atoms with Crippen molar-refractivity contribution in [2.45, 2.75) is 63.7 Å². The summed E-state index contributed by atoms with van der Waals surface area (Å²) >= 11 is 0. The van der Waals surface area contributed by atoms with E-state index in [-0.39, 0.29) is 30.9 Å². The zero-order valence-corrected chi connectivity index (χ0v) is 22.8. The van der Waals surface area contributed by atoms with E-state index in [9.17, 15) is 29.4 Å². The number of phenols is 1. The molecule has 5 unspecified atom stereocenters. The Morgan fingerprint density at radius 2 is 1.44 bits per heavy atom. The number of phenolic OH excluding ortho intramolecular Hbond substituents is 1. The van der Waals surface area contributed by atoms with Crippen LogP contribution in [0.2, 0.25) is 0 Å². The normalized spacial score (nSPS) is 14.7. The molecule has 0 bridgehead atoms. The number of carbonyl (C=O) groups is 4. The van der Waals surface area contributed by atoms with Crippen LogP contribution in [0.4, 0.5) is 0 Å². The predicted octanol–water partition coefficient (Wildman–Crippen LogP) is -0.221. The van der Waals surface area contributed by atoms with Crippen LogP contribution in [0.5, 0.6) is 5.75 Å². The Bertz CT molecular complexity index is 1280. The van der Waals surface area contributed by atoms with Crippen molar-refractivity contribution in [1.29, 1.82) is 0 Å². The summed E-state index contributed by atoms with van der Waals surface area (Å²) in [6.07, 6.45) is 6.53. The largest absolute Gasteiger partial charge is 0.508 e. The van der Waals surface area contributed by atoms with Gasteiger partial charge in [-0.05, 0) is 23.6 Å². The van der Waals surface area contributed by atoms with Crippen molar-refractivity contribution < 1.29 is 29.4 Å². The number of carboxylic acid groups (broad SMARTS) is 1. The number of carboxylic acids is 1. The monoisotopic (exact) mass is 568 g/mol. The Labute approximate surface area is 236 Å². The number of aromatic nitrogens is 4. The molecule has 220 valence electrons. The van der Waals surface area contributed by atoms with Gasteiger partial charge in [0, 0.05) is 43.0 Å². The molecule has 0 spiro atoms. The second-order valence-corrected chi connectivity index (χ2v) is 9.87. The Hall–Kier alpha value is -4.72. The third-order valence-corrected chi connectivity index (χ3v) is 6.73. The highest BCUT2D eigenvalue weighted by Gasteiger charge is 2.33. The SMILES string of the molecule is CCC(C)C(NC(=O)C(N)Cc1cnc[nH]1)C(=O)NC(Cc1ccc(O)cc1)C(=O)NC(Cc1cnc[nH]1)C(=O)O. The molecule has 1 aromatic carbocycles. The average Bonchev–Trinajstić information content (AvgIpc) is 3.66. The number of imidazole rings is 2. The molecule has 2 heterocycles. The van der Waals surface area contributed by atoms with Crippen LogP contribution >= 0.6 is 0 Å². The highest BCUT2D eigenvalue weighted by Crippen LogP contribution is 2.14. The standard InChI is InChI=1S/C27H36N8O6/c1-3-15(2)23(35-24(37)20(28)9-17-11-29-13-31-17)26(39)33-21(8-16-4-6-19(36)7-5-16)25(38)34-22(27(40)41)10-18-12-30-14-32-18/h4-7,11-15,20-23,36H,3,8-10,28H2,1-2H3,(H,29,31)(H,30,32)(H,33,39)(H,34,38)(H,35,37)(H,40,41). The van der Waals surface area contributed by atoms with E-state index in [1.165, 1.54) is 31.0 Å². The van der Waals surface area contributed by atoms with Crippen molar-refractivity contribution in [1.82, 2.24) is 35.9 Å². The maximum atomic E-state index is 13.5. The number of nitrogens with two attached hydrogens (primary N) is 1. The summed E-state index contributed by atoms with van der Waals surface area (Å²) in [7, 11) is 0. The lowest BCUT2D eigenvalue weighted by Crippen LogP contribution is -2.59. The number of nitrogens with zero attached hydrogens (tertiary/aromatic N) is 2. The number of benzene rings is 1. The van der Waals surface area contributed by atoms with Gasteiger partial charge in [0.1, 0.15) is 23.9 Å². The molecule has 0 saturated carbocycles. The molecule has 0 fully saturated rings. The third-order valence-electron chi connectivity index (χ3n) is 6.73. The van der Waals surface area contributed by atoms with Crippen molar-refractivity contribution in [3.05, 3.63) is 66.3 Å². The Kier molecular flexibility index (Phi) is 11.0. The summed E-state index contributed by atoms with van der Waals surface area (Å²) < 4.78 is 0. The second-order valence-electron chi connectivity index (χ2n) is 9.87. The minimum atomic E-state index is -1.30. The summed E-state index contributed by atoms with van der Waals surface area (Å²) in [5.41, 5.74) is 7.83. The summed E-state index contributed by atoms with van der Waals surface area (Å²) in [5.74, 6) is -3.47. The lowest BCUT2D eigenvalue weighted by atomic mass is 9.96. The van der Waals surface area contributed by atoms with Crippen molar-refractivity contribution in [2.75, 3.05) is 0 Å². The number of carbonyl (C=O) groups excluding carboxylic acids is 3. The number of H-pyrrole nitrogens is 2. The molecule has 0 radical (unpaired) electrons. The molecule has 0 aliphatic heterocycles. The first-order valence-electron chi connectivity index (χ1n) is 13.2. The van der Waals surface area contributed by atoms with Gasteiger partial charge in [0.15, 0.2) is 0 Å². The van der Waals surface area contributed by atoms with E-state index in [1.807, 2.05) is 6.92 Å². The average molecular weight is 569 g/mol. The van der Waals surface area contributed by atoms with E-state index in [2.05, 4.69) is 35.9 Å². The third kappa shape index (κ3) is 9.17. The molecule has 0 aliphatic carbocycles. The summed E-state index contributed by atoms with van der Waals surface area (Å²) in [6, 6.07) is 1.58. The van der Waals surface area contributed by atoms with Gasteiger partial charge in [-0.3, -0.25) is 14.4 Å². The molecular weight excluding hydrogens is 532 g/mol. The lowest BCUT2D eigenvalue weighted by Gasteiger charge is -2.28. The fourth-order valence-electron chi connectivity index (χ4n) is 4.12. The topological polar surface area (TPSA) is 228 Å². The van der Waals surface area contributed by atoms with Crippen LogP contribution in [0.15, 0.2) is 49.3 Å². The van der Waals surface area contributed by atoms with Crippen LogP contribution in [-0.4, -0.2) is 78.0 Å². The molecule has 2 aromatic heterocycles. The smallest absolute Gasteiger partial charge is 0.326 e. The number of aromatic hydroxyl groups is 1. The zero-order valence-electron chi connectivity index (χ0n) is 22.8. The molecule has 3 rings (SSSR count). The highest BCUT2D eigenvalue weighted by molar-refractivity contribution is 5.94. The summed E-state index contributed by atoms with van der Waals surface area (Å²) in [5, 5.41) is 27.2. The van der Waals surface area contributed by atoms with Gasteiger partial charge in [0.2, 0.25) is 17.7 Å². The molecular formula is C27H36N8O6. The first-order valence-corrected chi connectivity index (χ1v) is 13.2. The fourth-order valence-corrected chi connectivity index (χ4v) is 4.12. The minimum absolute atomic E-state index is 0.00520. The second kappa shape index (κ2) is 14.6. The van der Waals surface area contributed by atoms with E-state index >= 15 is 0 Å². The van der Waals surface area contributed by atoms with E-state index in [0.29, 0.717) is 23.4 Å². The van der Waals surface area contributed by atoms with Crippen molar-refractivity contribution in [3.63, 3.8) is 0 Å². The van der Waals surface area contributed by atoms with Gasteiger partial charge >= 0.3 is 5.97 Å². The lowest BCUT2D eigenvalue weighted by molar-refractivity contribution is -0.142. The van der Waals surface area contributed by atoms with Crippen LogP contribution in [0, 0.1) is 5.92 Å². The summed E-state index contributed by atoms with van der Waals surface area (Å²) in [6.45, 7) is 3.64. The number of rotatable bonds is 15. The number of hydrogen-bond donors (Lipinski definition) is 8. The highest BCUT2D eigenvalue weighted by atomic mass is 16.4. The van der Waals surface area contributed by atoms with Gasteiger partial charge in [-0.1, -0.05) is 32.4 Å². The number of aliphatic carboxylic acids is 1. The van der Waals surface area contributed by atoms with Crippen molar-refractivity contribution in [3.8, 4) is 5.75 Å². The van der Waals surface area contributed by atoms with Gasteiger partial charge in [-0.15, -0.1) is 0 Å². The molecule has 41 heavy (non-hydrogen) atoms. The van der Waals surface area contributed by atoms with Crippen LogP contribution in [0.3, 0.4) is 0 Å². The van der Waals surface area contributed by atoms with Crippen LogP contribution in [0.25, 0.3) is 0 Å². The maximum absolute atomic E-state index is 13.5. The van der Waals surface area contributed by atoms with Gasteiger partial charge in [0.05, 0.1) is 18.7 Å². The van der Waals surface area contributed by atoms with E-state index in [4.69, 9.17) is 5.73 Å². The minimum Gasteiger partial charge on any atom is -0.508 e. The van der Waals surface area contributed by atoms with Crippen LogP contribution < -0.4 is 21.7 Å². The van der Waals surface area contributed by atoms with E-state index in [1.54, 1.807) is 25.3 Å². The molecule has 14 heteroatoms. The van der Waals surface area contributed by atoms with Gasteiger partial charge in [-0.25, -0.2) is 14.8 Å². The number of nitrogens with one attached hydrogen (secondary N) is 5. The number of hydrogen-bond acceptors (Lipinski definition) is 8. The van der Waals surface area contributed by atoms with Gasteiger partial charge in [0.25, 0.3) is 0 Å². The molecule has 14 nitrogen and oxygen atoms in total. The first kappa shape index (κ1) is 30.8. The molecule has 9 N–H and O–H groups in total. The zero-order chi connectivity index (χ0) is 29.9. The first-order chi connectivity index (χ1) is 19.6. The van der Waals surface area contributed by atoms with Gasteiger partial charge < -0.3 is 41.9 Å². The van der Waals surface area contributed by atoms with Crippen LogP contribution in [0.1, 0.15) is 37.2 Å². The Morgan fingerprint density at radius 1 is 0.854 bits per heavy atom. The molecule has 5 atom stereocenters. The molecule has 0 saturated heterocycles. The quantitative estimate of drug-likeness (QED) is 0.121. The summed E-state index contributed by atoms with van der Waals surface area (Å²) in [4.78, 5) is 65.2. The molecule has 3 aromatic rings. The van der Waals surface area contributed by atoms with E-state index in [0.717, 1.165) is 0 Å². The van der Waals surface area contributed by atoms with Crippen molar-refractivity contribution >= 4 is 23.7 Å². The van der Waals surface area contributed by atoms with Gasteiger partial charge in [-0.2, -0.15) is 0 Å². The fraction of sp³-hybridized carbons (Fsp3) is 0.407. The Morgan fingerprint density at radius 3 is 1.98 bits per heavy atom. The Balaban J connectivity index is 1.78. The predicted molar refractivity (Wildman–Crippen MR) is 147 cm³/mol. The number of amides is 3. The van der Waals surface area contributed by atoms with E-state index < -0.39 is 47.9 Å². The molecule has 3 amide bonds. The van der Waals surface area contributed by atoms with Crippen molar-refractivity contribution in [2.24, 2.45) is 11.7 Å².